The normalized spacial score (nSPS) is 19.0. The average Bonchev–Trinajstić information content (AvgIpc) is 2.79. The molecule has 8 heteroatoms. The minimum atomic E-state index is -3.85. The molecular weight excluding hydrogens is 330 g/mol. The first kappa shape index (κ1) is 16.7. The number of hydrogen-bond donors (Lipinski definition) is 2. The van der Waals surface area contributed by atoms with Crippen molar-refractivity contribution in [2.75, 3.05) is 26.2 Å². The molecule has 1 aromatic carbocycles. The van der Waals surface area contributed by atoms with Crippen molar-refractivity contribution in [3.63, 3.8) is 0 Å². The van der Waals surface area contributed by atoms with Gasteiger partial charge in [-0.3, -0.25) is 9.59 Å². The lowest BCUT2D eigenvalue weighted by Crippen LogP contribution is -2.30. The van der Waals surface area contributed by atoms with Crippen LogP contribution in [0.5, 0.6) is 0 Å². The minimum Gasteiger partial charge on any atom is -0.348 e. The second-order valence-corrected chi connectivity index (χ2v) is 7.52. The van der Waals surface area contributed by atoms with E-state index in [-0.39, 0.29) is 28.5 Å². The first-order valence-corrected chi connectivity index (χ1v) is 9.27. The first-order chi connectivity index (χ1) is 11.4. The van der Waals surface area contributed by atoms with Gasteiger partial charge in [0.05, 0.1) is 5.56 Å². The number of carbonyl (C=O) groups excluding carboxylic acids is 2. The number of fused-ring (bicyclic) bond motifs is 1. The predicted molar refractivity (Wildman–Crippen MR) is 88.2 cm³/mol. The zero-order chi connectivity index (χ0) is 17.3. The first-order valence-electron chi connectivity index (χ1n) is 7.83. The van der Waals surface area contributed by atoms with Crippen LogP contribution in [0.15, 0.2) is 34.7 Å². The summed E-state index contributed by atoms with van der Waals surface area (Å²) < 4.78 is 25.5. The summed E-state index contributed by atoms with van der Waals surface area (Å²) in [6.07, 6.45) is 2.91. The summed E-state index contributed by atoms with van der Waals surface area (Å²) in [5.41, 5.74) is 1.50. The van der Waals surface area contributed by atoms with Crippen molar-refractivity contribution in [3.8, 4) is 0 Å². The highest BCUT2D eigenvalue weighted by Gasteiger charge is 2.40. The summed E-state index contributed by atoms with van der Waals surface area (Å²) >= 11 is 0. The van der Waals surface area contributed by atoms with Crippen molar-refractivity contribution in [1.29, 1.82) is 0 Å². The van der Waals surface area contributed by atoms with E-state index in [0.29, 0.717) is 6.54 Å². The predicted octanol–water partition coefficient (Wildman–Crippen LogP) is 0.500. The van der Waals surface area contributed by atoms with Crippen LogP contribution in [0.3, 0.4) is 0 Å². The molecule has 7 nitrogen and oxygen atoms in total. The minimum absolute atomic E-state index is 0.0690. The van der Waals surface area contributed by atoms with E-state index in [2.05, 4.69) is 10.6 Å². The average molecular weight is 349 g/mol. The summed E-state index contributed by atoms with van der Waals surface area (Å²) in [5.74, 6) is -0.894. The Morgan fingerprint density at radius 2 is 2.17 bits per heavy atom. The molecule has 0 spiro atoms. The number of amides is 2. The maximum Gasteiger partial charge on any atom is 0.268 e. The van der Waals surface area contributed by atoms with Gasteiger partial charge in [-0.15, -0.1) is 0 Å². The lowest BCUT2D eigenvalue weighted by atomic mass is 10.1. The number of nitrogens with one attached hydrogen (secondary N) is 2. The lowest BCUT2D eigenvalue weighted by Gasteiger charge is -2.14. The molecule has 0 unspecified atom stereocenters. The Labute approximate surface area is 140 Å². The molecule has 2 aliphatic rings. The van der Waals surface area contributed by atoms with Gasteiger partial charge in [-0.2, -0.15) is 0 Å². The Balaban J connectivity index is 1.81. The molecule has 2 amide bonds. The Kier molecular flexibility index (Phi) is 4.42. The fourth-order valence-electron chi connectivity index (χ4n) is 2.86. The van der Waals surface area contributed by atoms with Crippen molar-refractivity contribution in [1.82, 2.24) is 14.9 Å². The Hall–Kier alpha value is -2.19. The second kappa shape index (κ2) is 6.37. The van der Waals surface area contributed by atoms with Gasteiger partial charge >= 0.3 is 0 Å². The van der Waals surface area contributed by atoms with E-state index in [4.69, 9.17) is 0 Å². The molecule has 0 radical (unpaired) electrons. The van der Waals surface area contributed by atoms with Crippen LogP contribution < -0.4 is 10.6 Å². The van der Waals surface area contributed by atoms with Crippen molar-refractivity contribution in [2.24, 2.45) is 0 Å². The van der Waals surface area contributed by atoms with Crippen molar-refractivity contribution < 1.29 is 18.0 Å². The molecule has 0 aromatic heterocycles. The van der Waals surface area contributed by atoms with Gasteiger partial charge in [0, 0.05) is 25.2 Å². The molecule has 128 valence electrons. The Morgan fingerprint density at radius 3 is 2.83 bits per heavy atom. The highest BCUT2D eigenvalue weighted by atomic mass is 32.2. The van der Waals surface area contributed by atoms with E-state index in [1.165, 1.54) is 18.2 Å². The SMILES string of the molecule is CCN1C(=O)c2ccc(C(=O)NCC3=CCNCC3)cc2S1(=O)=O. The molecule has 0 fully saturated rings. The van der Waals surface area contributed by atoms with Crippen LogP contribution in [0.2, 0.25) is 0 Å². The van der Waals surface area contributed by atoms with Gasteiger partial charge in [-0.05, 0) is 38.1 Å². The van der Waals surface area contributed by atoms with Gasteiger partial charge in [-0.1, -0.05) is 11.6 Å². The molecule has 2 aliphatic heterocycles. The van der Waals surface area contributed by atoms with E-state index < -0.39 is 15.9 Å². The summed E-state index contributed by atoms with van der Waals surface area (Å²) in [5, 5.41) is 5.99. The van der Waals surface area contributed by atoms with E-state index in [1.54, 1.807) is 6.92 Å². The van der Waals surface area contributed by atoms with E-state index in [9.17, 15) is 18.0 Å². The van der Waals surface area contributed by atoms with Crippen molar-refractivity contribution in [3.05, 3.63) is 41.0 Å². The summed E-state index contributed by atoms with van der Waals surface area (Å²) in [4.78, 5) is 24.3. The fourth-order valence-corrected chi connectivity index (χ4v) is 4.46. The van der Waals surface area contributed by atoms with E-state index in [0.717, 1.165) is 29.4 Å². The number of benzene rings is 1. The largest absolute Gasteiger partial charge is 0.348 e. The van der Waals surface area contributed by atoms with Gasteiger partial charge in [-0.25, -0.2) is 12.7 Å². The van der Waals surface area contributed by atoms with Gasteiger partial charge < -0.3 is 10.6 Å². The van der Waals surface area contributed by atoms with Crippen molar-refractivity contribution >= 4 is 21.8 Å². The Bertz CT molecular complexity index is 830. The quantitative estimate of drug-likeness (QED) is 0.772. The zero-order valence-electron chi connectivity index (χ0n) is 13.3. The third-order valence-corrected chi connectivity index (χ3v) is 6.09. The molecule has 0 aliphatic carbocycles. The Morgan fingerprint density at radius 1 is 1.38 bits per heavy atom. The monoisotopic (exact) mass is 349 g/mol. The highest BCUT2D eigenvalue weighted by Crippen LogP contribution is 2.30. The van der Waals surface area contributed by atoms with Gasteiger partial charge in [0.1, 0.15) is 4.90 Å². The second-order valence-electron chi connectivity index (χ2n) is 5.69. The summed E-state index contributed by atoms with van der Waals surface area (Å²) in [6.45, 7) is 3.77. The van der Waals surface area contributed by atoms with Crippen LogP contribution >= 0.6 is 0 Å². The van der Waals surface area contributed by atoms with Crippen LogP contribution in [0, 0.1) is 0 Å². The van der Waals surface area contributed by atoms with Crippen molar-refractivity contribution in [2.45, 2.75) is 18.2 Å². The van der Waals surface area contributed by atoms with Crippen LogP contribution in [-0.4, -0.2) is 50.7 Å². The number of sulfonamides is 1. The molecule has 3 rings (SSSR count). The third kappa shape index (κ3) is 2.83. The van der Waals surface area contributed by atoms with Crippen LogP contribution in [0.25, 0.3) is 0 Å². The maximum atomic E-state index is 12.4. The van der Waals surface area contributed by atoms with E-state index >= 15 is 0 Å². The zero-order valence-corrected chi connectivity index (χ0v) is 14.1. The molecule has 0 saturated heterocycles. The maximum absolute atomic E-state index is 12.4. The standard InChI is InChI=1S/C16H19N3O4S/c1-2-19-16(21)13-4-3-12(9-14(13)24(19,22)23)15(20)18-10-11-5-7-17-8-6-11/h3-5,9,17H,2,6-8,10H2,1H3,(H,18,20). The molecule has 0 saturated carbocycles. The molecule has 0 bridgehead atoms. The van der Waals surface area contributed by atoms with Gasteiger partial charge in [0.15, 0.2) is 0 Å². The summed E-state index contributed by atoms with van der Waals surface area (Å²) in [6, 6.07) is 4.17. The molecule has 0 atom stereocenters. The summed E-state index contributed by atoms with van der Waals surface area (Å²) in [7, 11) is -3.85. The lowest BCUT2D eigenvalue weighted by molar-refractivity contribution is 0.0874. The van der Waals surface area contributed by atoms with Gasteiger partial charge in [0.2, 0.25) is 0 Å². The molecule has 2 heterocycles. The van der Waals surface area contributed by atoms with Crippen LogP contribution in [-0.2, 0) is 10.0 Å². The highest BCUT2D eigenvalue weighted by molar-refractivity contribution is 7.90. The fraction of sp³-hybridized carbons (Fsp3) is 0.375. The number of rotatable bonds is 4. The third-order valence-electron chi connectivity index (χ3n) is 4.19. The number of hydrogen-bond acceptors (Lipinski definition) is 5. The van der Waals surface area contributed by atoms with Gasteiger partial charge in [0.25, 0.3) is 21.8 Å². The molecular formula is C16H19N3O4S. The smallest absolute Gasteiger partial charge is 0.268 e. The topological polar surface area (TPSA) is 95.6 Å². The molecule has 2 N–H and O–H groups in total. The van der Waals surface area contributed by atoms with Crippen LogP contribution in [0.4, 0.5) is 0 Å². The number of nitrogens with zero attached hydrogens (tertiary/aromatic N) is 1. The van der Waals surface area contributed by atoms with Crippen LogP contribution in [0.1, 0.15) is 34.1 Å². The molecule has 24 heavy (non-hydrogen) atoms. The molecule has 1 aromatic rings. The van der Waals surface area contributed by atoms with E-state index in [1.807, 2.05) is 6.08 Å². The number of carbonyl (C=O) groups is 2.